The second kappa shape index (κ2) is 8.34. The maximum absolute atomic E-state index is 4.96. The zero-order chi connectivity index (χ0) is 22.2. The van der Waals surface area contributed by atoms with Gasteiger partial charge in [0, 0.05) is 19.6 Å². The van der Waals surface area contributed by atoms with E-state index in [0.29, 0.717) is 0 Å². The highest BCUT2D eigenvalue weighted by molar-refractivity contribution is 8.30. The van der Waals surface area contributed by atoms with Crippen molar-refractivity contribution < 1.29 is 0 Å². The summed E-state index contributed by atoms with van der Waals surface area (Å²) < 4.78 is 2.43. The zero-order valence-corrected chi connectivity index (χ0v) is 23.2. The molecule has 12 heteroatoms. The molecule has 0 spiro atoms. The lowest BCUT2D eigenvalue weighted by molar-refractivity contribution is 0.974. The van der Waals surface area contributed by atoms with Gasteiger partial charge in [0.05, 0.1) is 30.5 Å². The Morgan fingerprint density at radius 2 is 0.647 bits per heavy atom. The highest BCUT2D eigenvalue weighted by atomic mass is 32.2. The standard InChI is InChI=1S/C22H8N4S8/c1-2-28-14-6-10-9(5-13(14)27-1)23-17-18(24-10)32-21(31-17)22-33-19-20(34-22)26-12-8-16-15(7-11(12)25-19)29-3-4-30-16/h1-8H. The molecule has 4 aliphatic heterocycles. The number of hydrogen-bond donors (Lipinski definition) is 0. The first-order valence-electron chi connectivity index (χ1n) is 9.91. The van der Waals surface area contributed by atoms with E-state index in [9.17, 15) is 0 Å². The molecule has 6 heterocycles. The molecule has 8 rings (SSSR count). The van der Waals surface area contributed by atoms with Gasteiger partial charge in [0.15, 0.2) is 0 Å². The van der Waals surface area contributed by atoms with Crippen LogP contribution in [-0.4, -0.2) is 19.9 Å². The number of fused-ring (bicyclic) bond motifs is 6. The number of benzene rings is 2. The first-order chi connectivity index (χ1) is 16.8. The Balaban J connectivity index is 1.14. The molecule has 0 aliphatic carbocycles. The van der Waals surface area contributed by atoms with Gasteiger partial charge in [-0.2, -0.15) is 0 Å². The maximum Gasteiger partial charge on any atom is 0.135 e. The van der Waals surface area contributed by atoms with Crippen LogP contribution in [0.25, 0.3) is 22.1 Å². The molecule has 0 radical (unpaired) electrons. The van der Waals surface area contributed by atoms with Crippen molar-refractivity contribution >= 4 is 116 Å². The summed E-state index contributed by atoms with van der Waals surface area (Å²) in [7, 11) is 0. The lowest BCUT2D eigenvalue weighted by Crippen LogP contribution is -1.90. The Bertz CT molecular complexity index is 1440. The Morgan fingerprint density at radius 3 is 0.912 bits per heavy atom. The third-order valence-corrected chi connectivity index (χ3v) is 14.5. The normalized spacial score (nSPS) is 17.9. The summed E-state index contributed by atoms with van der Waals surface area (Å²) in [6.07, 6.45) is 0. The van der Waals surface area contributed by atoms with Crippen molar-refractivity contribution in [2.75, 3.05) is 0 Å². The molecule has 0 saturated heterocycles. The van der Waals surface area contributed by atoms with E-state index in [4.69, 9.17) is 19.9 Å². The molecule has 2 aromatic carbocycles. The summed E-state index contributed by atoms with van der Waals surface area (Å²) in [6.45, 7) is 0. The van der Waals surface area contributed by atoms with Gasteiger partial charge in [-0.25, -0.2) is 19.9 Å². The number of nitrogens with zero attached hydrogens (tertiary/aromatic N) is 4. The molecule has 0 atom stereocenters. The van der Waals surface area contributed by atoms with Crippen molar-refractivity contribution in [2.24, 2.45) is 0 Å². The predicted molar refractivity (Wildman–Crippen MR) is 151 cm³/mol. The largest absolute Gasteiger partial charge is 0.237 e. The van der Waals surface area contributed by atoms with Gasteiger partial charge in [-0.05, 0) is 45.9 Å². The molecule has 0 N–H and O–H groups in total. The molecule has 164 valence electrons. The van der Waals surface area contributed by atoms with Gasteiger partial charge >= 0.3 is 0 Å². The Kier molecular flexibility index (Phi) is 5.21. The van der Waals surface area contributed by atoms with E-state index >= 15 is 0 Å². The predicted octanol–water partition coefficient (Wildman–Crippen LogP) is 9.13. The van der Waals surface area contributed by atoms with Gasteiger partial charge in [-0.15, -0.1) is 0 Å². The molecule has 0 bridgehead atoms. The van der Waals surface area contributed by atoms with E-state index in [1.54, 1.807) is 94.1 Å². The second-order valence-electron chi connectivity index (χ2n) is 7.24. The molecule has 0 unspecified atom stereocenters. The smallest absolute Gasteiger partial charge is 0.135 e. The average Bonchev–Trinajstić information content (AvgIpc) is 3.46. The van der Waals surface area contributed by atoms with E-state index in [-0.39, 0.29) is 0 Å². The van der Waals surface area contributed by atoms with Crippen molar-refractivity contribution in [2.45, 2.75) is 39.7 Å². The van der Waals surface area contributed by atoms with Crippen LogP contribution in [0.2, 0.25) is 0 Å². The molecule has 4 aliphatic rings. The lowest BCUT2D eigenvalue weighted by Gasteiger charge is -2.10. The summed E-state index contributed by atoms with van der Waals surface area (Å²) in [5.41, 5.74) is 3.83. The maximum atomic E-state index is 4.96. The Hall–Kier alpha value is -0.860. The van der Waals surface area contributed by atoms with Crippen LogP contribution in [0.3, 0.4) is 0 Å². The van der Waals surface area contributed by atoms with Gasteiger partial charge < -0.3 is 0 Å². The molecule has 4 aromatic rings. The van der Waals surface area contributed by atoms with Crippen LogP contribution >= 0.6 is 94.1 Å². The van der Waals surface area contributed by atoms with Gasteiger partial charge in [-0.3, -0.25) is 0 Å². The van der Waals surface area contributed by atoms with E-state index in [1.807, 2.05) is 0 Å². The van der Waals surface area contributed by atoms with Crippen LogP contribution in [0.1, 0.15) is 0 Å². The summed E-state index contributed by atoms with van der Waals surface area (Å²) in [5, 5.41) is 12.4. The fourth-order valence-corrected chi connectivity index (χ4v) is 12.1. The van der Waals surface area contributed by atoms with E-state index in [2.05, 4.69) is 45.9 Å². The molecule has 34 heavy (non-hydrogen) atoms. The van der Waals surface area contributed by atoms with Crippen LogP contribution in [0.4, 0.5) is 0 Å². The molecular formula is C22H8N4S8. The van der Waals surface area contributed by atoms with Crippen molar-refractivity contribution in [1.82, 2.24) is 19.9 Å². The first-order valence-corrected chi connectivity index (χ1v) is 16.7. The van der Waals surface area contributed by atoms with Crippen LogP contribution in [-0.2, 0) is 0 Å². The fraction of sp³-hybridized carbons (Fsp3) is 0. The van der Waals surface area contributed by atoms with E-state index in [1.165, 1.54) is 28.1 Å². The Labute approximate surface area is 228 Å². The minimum absolute atomic E-state index is 0.957. The zero-order valence-electron chi connectivity index (χ0n) is 16.7. The number of hydrogen-bond acceptors (Lipinski definition) is 12. The molecule has 0 fully saturated rings. The summed E-state index contributed by atoms with van der Waals surface area (Å²) in [4.78, 5) is 24.8. The topological polar surface area (TPSA) is 51.6 Å². The summed E-state index contributed by atoms with van der Waals surface area (Å²) in [6, 6.07) is 8.65. The van der Waals surface area contributed by atoms with Crippen LogP contribution in [0, 0.1) is 0 Å². The average molecular weight is 585 g/mol. The van der Waals surface area contributed by atoms with E-state index in [0.717, 1.165) is 42.2 Å². The Morgan fingerprint density at radius 1 is 0.382 bits per heavy atom. The SMILES string of the molecule is C1=CSc2cc3nc4c(nc3cc2S1)SC(=C1Sc2nc3cc5c(cc3nc2S1)SC=CS5)S4. The molecule has 4 nitrogen and oxygen atoms in total. The summed E-state index contributed by atoms with van der Waals surface area (Å²) in [5.74, 6) is 0. The van der Waals surface area contributed by atoms with Crippen molar-refractivity contribution in [1.29, 1.82) is 0 Å². The molecule has 0 saturated carbocycles. The van der Waals surface area contributed by atoms with Crippen molar-refractivity contribution in [3.05, 3.63) is 54.4 Å². The van der Waals surface area contributed by atoms with Gasteiger partial charge in [0.2, 0.25) is 0 Å². The van der Waals surface area contributed by atoms with Gasteiger partial charge in [0.25, 0.3) is 0 Å². The molecule has 2 aromatic heterocycles. The number of aromatic nitrogens is 4. The van der Waals surface area contributed by atoms with Gasteiger partial charge in [0.1, 0.15) is 20.1 Å². The third-order valence-electron chi connectivity index (χ3n) is 5.15. The minimum atomic E-state index is 0.957. The second-order valence-corrected chi connectivity index (χ2v) is 15.5. The highest BCUT2D eigenvalue weighted by Crippen LogP contribution is 2.60. The quantitative estimate of drug-likeness (QED) is 0.198. The third kappa shape index (κ3) is 3.56. The van der Waals surface area contributed by atoms with Crippen LogP contribution in [0.5, 0.6) is 0 Å². The van der Waals surface area contributed by atoms with Crippen molar-refractivity contribution in [3.63, 3.8) is 0 Å². The molecular weight excluding hydrogens is 577 g/mol. The van der Waals surface area contributed by atoms with E-state index < -0.39 is 0 Å². The fourth-order valence-electron chi connectivity index (χ4n) is 3.66. The van der Waals surface area contributed by atoms with Crippen molar-refractivity contribution in [3.8, 4) is 0 Å². The van der Waals surface area contributed by atoms with Crippen LogP contribution < -0.4 is 0 Å². The minimum Gasteiger partial charge on any atom is -0.237 e. The van der Waals surface area contributed by atoms with Crippen LogP contribution in [0.15, 0.2) is 94.1 Å². The van der Waals surface area contributed by atoms with Gasteiger partial charge in [-0.1, -0.05) is 94.1 Å². The monoisotopic (exact) mass is 584 g/mol. The lowest BCUT2D eigenvalue weighted by atomic mass is 10.3. The highest BCUT2D eigenvalue weighted by Gasteiger charge is 2.31. The number of thioether (sulfide) groups is 8. The number of rotatable bonds is 0. The first kappa shape index (κ1) is 21.2. The molecule has 0 amide bonds. The summed E-state index contributed by atoms with van der Waals surface area (Å²) >= 11 is 13.8.